The molecule has 0 bridgehead atoms. The van der Waals surface area contributed by atoms with E-state index in [-0.39, 0.29) is 6.04 Å². The van der Waals surface area contributed by atoms with Gasteiger partial charge in [-0.05, 0) is 37.9 Å². The van der Waals surface area contributed by atoms with Crippen LogP contribution >= 0.6 is 0 Å². The van der Waals surface area contributed by atoms with Crippen molar-refractivity contribution in [2.24, 2.45) is 0 Å². The van der Waals surface area contributed by atoms with Crippen molar-refractivity contribution in [1.82, 2.24) is 10.0 Å². The fourth-order valence-corrected chi connectivity index (χ4v) is 3.41. The Balaban J connectivity index is 1.98. The Hall–Kier alpha value is -1.11. The fourth-order valence-electron chi connectivity index (χ4n) is 1.92. The smallest absolute Gasteiger partial charge is 0.242 e. The second kappa shape index (κ2) is 7.06. The van der Waals surface area contributed by atoms with Crippen molar-refractivity contribution < 1.29 is 8.42 Å². The molecule has 1 aromatic rings. The van der Waals surface area contributed by atoms with E-state index in [1.54, 1.807) is 18.2 Å². The number of anilines is 1. The molecular weight excluding hydrogens is 274 g/mol. The van der Waals surface area contributed by atoms with Gasteiger partial charge in [-0.1, -0.05) is 19.1 Å². The van der Waals surface area contributed by atoms with Crippen LogP contribution in [0.4, 0.5) is 5.69 Å². The molecule has 0 aliphatic heterocycles. The predicted octanol–water partition coefficient (Wildman–Crippen LogP) is 1.54. The summed E-state index contributed by atoms with van der Waals surface area (Å²) in [7, 11) is -3.41. The molecular formula is C14H23N3O2S. The monoisotopic (exact) mass is 297 g/mol. The van der Waals surface area contributed by atoms with Crippen LogP contribution in [0.1, 0.15) is 26.2 Å². The Morgan fingerprint density at radius 3 is 2.60 bits per heavy atom. The topological polar surface area (TPSA) is 70.2 Å². The summed E-state index contributed by atoms with van der Waals surface area (Å²) in [5.41, 5.74) is 0.666. The highest BCUT2D eigenvalue weighted by Crippen LogP contribution is 2.25. The summed E-state index contributed by atoms with van der Waals surface area (Å²) in [5.74, 6) is 0. The van der Waals surface area contributed by atoms with Crippen LogP contribution in [0.3, 0.4) is 0 Å². The predicted molar refractivity (Wildman–Crippen MR) is 81.4 cm³/mol. The minimum Gasteiger partial charge on any atom is -0.383 e. The summed E-state index contributed by atoms with van der Waals surface area (Å²) in [6.45, 7) is 4.62. The first-order valence-corrected chi connectivity index (χ1v) is 8.68. The second-order valence-corrected chi connectivity index (χ2v) is 6.75. The van der Waals surface area contributed by atoms with E-state index in [2.05, 4.69) is 22.3 Å². The van der Waals surface area contributed by atoms with Gasteiger partial charge < -0.3 is 10.6 Å². The maximum Gasteiger partial charge on any atom is 0.242 e. The highest BCUT2D eigenvalue weighted by atomic mass is 32.2. The van der Waals surface area contributed by atoms with Crippen molar-refractivity contribution in [3.05, 3.63) is 24.3 Å². The minimum absolute atomic E-state index is 0.124. The van der Waals surface area contributed by atoms with Gasteiger partial charge in [-0.25, -0.2) is 13.1 Å². The minimum atomic E-state index is -3.41. The molecule has 0 heterocycles. The van der Waals surface area contributed by atoms with Gasteiger partial charge >= 0.3 is 0 Å². The van der Waals surface area contributed by atoms with Gasteiger partial charge in [0.15, 0.2) is 0 Å². The van der Waals surface area contributed by atoms with E-state index in [1.165, 1.54) is 0 Å². The van der Waals surface area contributed by atoms with E-state index < -0.39 is 10.0 Å². The summed E-state index contributed by atoms with van der Waals surface area (Å²) >= 11 is 0. The van der Waals surface area contributed by atoms with Crippen LogP contribution in [0.2, 0.25) is 0 Å². The van der Waals surface area contributed by atoms with Crippen molar-refractivity contribution >= 4 is 15.7 Å². The summed E-state index contributed by atoms with van der Waals surface area (Å²) in [6.07, 6.45) is 2.97. The highest BCUT2D eigenvalue weighted by Gasteiger charge is 2.29. The quantitative estimate of drug-likeness (QED) is 0.605. The normalized spacial score (nSPS) is 15.2. The molecule has 0 unspecified atom stereocenters. The molecule has 112 valence electrons. The molecule has 1 aromatic carbocycles. The molecule has 0 saturated heterocycles. The average molecular weight is 297 g/mol. The van der Waals surface area contributed by atoms with Gasteiger partial charge in [0.2, 0.25) is 10.0 Å². The number of sulfonamides is 1. The lowest BCUT2D eigenvalue weighted by molar-refractivity contribution is 0.581. The van der Waals surface area contributed by atoms with Gasteiger partial charge in [0, 0.05) is 19.1 Å². The number of hydrogen-bond acceptors (Lipinski definition) is 4. The van der Waals surface area contributed by atoms with Gasteiger partial charge in [0.25, 0.3) is 0 Å². The van der Waals surface area contributed by atoms with E-state index in [0.717, 1.165) is 32.4 Å². The van der Waals surface area contributed by atoms with Crippen LogP contribution in [0.25, 0.3) is 0 Å². The third kappa shape index (κ3) is 4.47. The largest absolute Gasteiger partial charge is 0.383 e. The molecule has 6 heteroatoms. The Morgan fingerprint density at radius 2 is 1.90 bits per heavy atom. The molecule has 2 rings (SSSR count). The van der Waals surface area contributed by atoms with Crippen molar-refractivity contribution in [2.45, 2.75) is 37.1 Å². The molecule has 0 atom stereocenters. The molecule has 1 aliphatic rings. The zero-order valence-corrected chi connectivity index (χ0v) is 12.7. The zero-order valence-electron chi connectivity index (χ0n) is 11.9. The SMILES string of the molecule is CCCNCCNc1ccccc1S(=O)(=O)NC1CC1. The molecule has 1 aliphatic carbocycles. The van der Waals surface area contributed by atoms with Crippen LogP contribution in [0, 0.1) is 0 Å². The summed E-state index contributed by atoms with van der Waals surface area (Å²) < 4.78 is 27.3. The summed E-state index contributed by atoms with van der Waals surface area (Å²) in [5, 5.41) is 6.47. The lowest BCUT2D eigenvalue weighted by atomic mass is 10.3. The zero-order chi connectivity index (χ0) is 14.4. The van der Waals surface area contributed by atoms with Crippen molar-refractivity contribution in [1.29, 1.82) is 0 Å². The molecule has 1 saturated carbocycles. The van der Waals surface area contributed by atoms with Crippen molar-refractivity contribution in [2.75, 3.05) is 25.0 Å². The second-order valence-electron chi connectivity index (χ2n) is 5.07. The third-order valence-electron chi connectivity index (χ3n) is 3.12. The lowest BCUT2D eigenvalue weighted by Gasteiger charge is -2.13. The van der Waals surface area contributed by atoms with Gasteiger partial charge in [-0.3, -0.25) is 0 Å². The van der Waals surface area contributed by atoms with Gasteiger partial charge in [0.05, 0.1) is 5.69 Å². The van der Waals surface area contributed by atoms with Crippen LogP contribution in [0.5, 0.6) is 0 Å². The first-order chi connectivity index (χ1) is 9.63. The molecule has 0 spiro atoms. The van der Waals surface area contributed by atoms with Crippen LogP contribution < -0.4 is 15.4 Å². The Morgan fingerprint density at radius 1 is 1.15 bits per heavy atom. The molecule has 20 heavy (non-hydrogen) atoms. The van der Waals surface area contributed by atoms with E-state index in [4.69, 9.17) is 0 Å². The number of rotatable bonds is 9. The number of para-hydroxylation sites is 1. The van der Waals surface area contributed by atoms with Gasteiger partial charge in [0.1, 0.15) is 4.90 Å². The Kier molecular flexibility index (Phi) is 5.39. The maximum atomic E-state index is 12.3. The number of benzene rings is 1. The Bertz CT molecular complexity index is 527. The third-order valence-corrected chi connectivity index (χ3v) is 4.70. The summed E-state index contributed by atoms with van der Waals surface area (Å²) in [6, 6.07) is 7.17. The molecule has 3 N–H and O–H groups in total. The number of hydrogen-bond donors (Lipinski definition) is 3. The highest BCUT2D eigenvalue weighted by molar-refractivity contribution is 7.89. The maximum absolute atomic E-state index is 12.3. The first-order valence-electron chi connectivity index (χ1n) is 7.19. The van der Waals surface area contributed by atoms with Crippen LogP contribution in [0.15, 0.2) is 29.2 Å². The first kappa shape index (κ1) is 15.3. The molecule has 0 aromatic heterocycles. The van der Waals surface area contributed by atoms with Crippen molar-refractivity contribution in [3.8, 4) is 0 Å². The van der Waals surface area contributed by atoms with E-state index in [9.17, 15) is 8.42 Å². The standard InChI is InChI=1S/C14H23N3O2S/c1-2-9-15-10-11-16-13-5-3-4-6-14(13)20(18,19)17-12-7-8-12/h3-6,12,15-17H,2,7-11H2,1H3. The molecule has 0 radical (unpaired) electrons. The molecule has 1 fully saturated rings. The van der Waals surface area contributed by atoms with Crippen molar-refractivity contribution in [3.63, 3.8) is 0 Å². The Labute approximate surface area is 121 Å². The lowest BCUT2D eigenvalue weighted by Crippen LogP contribution is -2.27. The van der Waals surface area contributed by atoms with E-state index >= 15 is 0 Å². The van der Waals surface area contributed by atoms with E-state index in [1.807, 2.05) is 6.07 Å². The molecule has 5 nitrogen and oxygen atoms in total. The van der Waals surface area contributed by atoms with Crippen LogP contribution in [-0.2, 0) is 10.0 Å². The number of nitrogens with one attached hydrogen (secondary N) is 3. The molecule has 0 amide bonds. The average Bonchev–Trinajstić information content (AvgIpc) is 3.22. The van der Waals surface area contributed by atoms with Gasteiger partial charge in [-0.15, -0.1) is 0 Å². The fraction of sp³-hybridized carbons (Fsp3) is 0.571. The van der Waals surface area contributed by atoms with E-state index in [0.29, 0.717) is 17.1 Å². The van der Waals surface area contributed by atoms with Crippen LogP contribution in [-0.4, -0.2) is 34.1 Å². The van der Waals surface area contributed by atoms with Gasteiger partial charge in [-0.2, -0.15) is 0 Å². The summed E-state index contributed by atoms with van der Waals surface area (Å²) in [4.78, 5) is 0.336.